The molecule has 5 nitrogen and oxygen atoms in total. The first-order valence-corrected chi connectivity index (χ1v) is 10.6. The van der Waals surface area contributed by atoms with Gasteiger partial charge in [-0.25, -0.2) is 4.98 Å². The predicted molar refractivity (Wildman–Crippen MR) is 116 cm³/mol. The van der Waals surface area contributed by atoms with Crippen molar-refractivity contribution in [2.75, 3.05) is 5.32 Å². The highest BCUT2D eigenvalue weighted by molar-refractivity contribution is 8.00. The third-order valence-electron chi connectivity index (χ3n) is 4.73. The summed E-state index contributed by atoms with van der Waals surface area (Å²) in [5.74, 6) is -0.807. The number of fused-ring (bicyclic) bond motifs is 1. The molecule has 1 atom stereocenters. The highest BCUT2D eigenvalue weighted by Crippen LogP contribution is 2.35. The van der Waals surface area contributed by atoms with Gasteiger partial charge >= 0.3 is 6.18 Å². The van der Waals surface area contributed by atoms with E-state index in [1.807, 2.05) is 0 Å². The molecular formula is C22H22F3N3O2S. The number of carbonyl (C=O) groups is 1. The van der Waals surface area contributed by atoms with Gasteiger partial charge in [0.25, 0.3) is 5.56 Å². The summed E-state index contributed by atoms with van der Waals surface area (Å²) >= 11 is 1.08. The molecule has 0 fully saturated rings. The topological polar surface area (TPSA) is 64.0 Å². The minimum absolute atomic E-state index is 0.221. The Kier molecular flexibility index (Phi) is 6.74. The summed E-state index contributed by atoms with van der Waals surface area (Å²) < 4.78 is 41.3. The molecule has 1 amide bonds. The number of nitrogens with one attached hydrogen (secondary N) is 1. The average molecular weight is 449 g/mol. The van der Waals surface area contributed by atoms with Crippen LogP contribution in [0, 0.1) is 5.92 Å². The third-order valence-corrected chi connectivity index (χ3v) is 6.26. The number of alkyl halides is 3. The molecule has 0 spiro atoms. The van der Waals surface area contributed by atoms with Crippen molar-refractivity contribution in [1.29, 1.82) is 0 Å². The lowest BCUT2D eigenvalue weighted by atomic mass is 10.1. The van der Waals surface area contributed by atoms with Crippen LogP contribution in [0.2, 0.25) is 0 Å². The average Bonchev–Trinajstić information content (AvgIpc) is 2.71. The van der Waals surface area contributed by atoms with Gasteiger partial charge in [-0.05, 0) is 37.1 Å². The van der Waals surface area contributed by atoms with Gasteiger partial charge in [-0.2, -0.15) is 13.2 Å². The number of hydrogen-bond acceptors (Lipinski definition) is 4. The number of thioether (sulfide) groups is 1. The molecule has 0 saturated heterocycles. The van der Waals surface area contributed by atoms with Gasteiger partial charge in [0.1, 0.15) is 0 Å². The first-order valence-electron chi connectivity index (χ1n) is 9.76. The van der Waals surface area contributed by atoms with Crippen molar-refractivity contribution in [1.82, 2.24) is 9.55 Å². The first-order chi connectivity index (χ1) is 14.6. The molecule has 1 N–H and O–H groups in total. The van der Waals surface area contributed by atoms with E-state index >= 15 is 0 Å². The highest BCUT2D eigenvalue weighted by atomic mass is 32.2. The Bertz CT molecular complexity index is 1160. The predicted octanol–water partition coefficient (Wildman–Crippen LogP) is 5.19. The number of aromatic nitrogens is 2. The second kappa shape index (κ2) is 9.13. The van der Waals surface area contributed by atoms with Gasteiger partial charge in [-0.1, -0.05) is 49.9 Å². The summed E-state index contributed by atoms with van der Waals surface area (Å²) in [6.07, 6.45) is -4.59. The smallest absolute Gasteiger partial charge is 0.325 e. The first kappa shape index (κ1) is 22.9. The second-order valence-electron chi connectivity index (χ2n) is 7.28. The van der Waals surface area contributed by atoms with Gasteiger partial charge in [0, 0.05) is 6.54 Å². The van der Waals surface area contributed by atoms with E-state index in [9.17, 15) is 22.8 Å². The number of carbonyl (C=O) groups excluding carboxylic acids is 1. The van der Waals surface area contributed by atoms with Crippen molar-refractivity contribution in [3.05, 3.63) is 64.4 Å². The van der Waals surface area contributed by atoms with E-state index in [2.05, 4.69) is 10.3 Å². The third kappa shape index (κ3) is 4.92. The zero-order valence-electron chi connectivity index (χ0n) is 17.2. The fourth-order valence-electron chi connectivity index (χ4n) is 3.17. The van der Waals surface area contributed by atoms with Crippen molar-refractivity contribution >= 4 is 34.3 Å². The zero-order valence-corrected chi connectivity index (χ0v) is 18.1. The number of para-hydroxylation sites is 2. The van der Waals surface area contributed by atoms with Crippen LogP contribution >= 0.6 is 11.8 Å². The lowest BCUT2D eigenvalue weighted by Gasteiger charge is -2.22. The van der Waals surface area contributed by atoms with E-state index in [1.54, 1.807) is 45.0 Å². The van der Waals surface area contributed by atoms with Crippen molar-refractivity contribution in [3.8, 4) is 0 Å². The van der Waals surface area contributed by atoms with Crippen molar-refractivity contribution in [2.24, 2.45) is 5.92 Å². The van der Waals surface area contributed by atoms with E-state index in [0.29, 0.717) is 22.6 Å². The second-order valence-corrected chi connectivity index (χ2v) is 8.38. The Hall–Kier alpha value is -2.81. The molecule has 0 aliphatic rings. The minimum Gasteiger partial charge on any atom is -0.325 e. The number of halogens is 3. The Balaban J connectivity index is 1.96. The molecule has 3 aromatic rings. The molecule has 1 heterocycles. The largest absolute Gasteiger partial charge is 0.418 e. The Morgan fingerprint density at radius 3 is 2.42 bits per heavy atom. The SMILES string of the molecule is CCn1c(SC(C(=O)Nc2ccccc2C(F)(F)F)C(C)C)nc2ccccc2c1=O. The maximum Gasteiger partial charge on any atom is 0.418 e. The van der Waals surface area contributed by atoms with Crippen LogP contribution in [0.15, 0.2) is 58.5 Å². The number of nitrogens with zero attached hydrogens (tertiary/aromatic N) is 2. The number of benzene rings is 2. The molecule has 3 rings (SSSR count). The fraction of sp³-hybridized carbons (Fsp3) is 0.318. The molecule has 0 bridgehead atoms. The van der Waals surface area contributed by atoms with Crippen molar-refractivity contribution in [2.45, 2.75) is 43.9 Å². The molecule has 0 saturated carbocycles. The summed E-state index contributed by atoms with van der Waals surface area (Å²) in [5, 5.41) is 2.48. The van der Waals surface area contributed by atoms with Crippen LogP contribution in [0.3, 0.4) is 0 Å². The normalized spacial score (nSPS) is 12.9. The molecule has 1 unspecified atom stereocenters. The quantitative estimate of drug-likeness (QED) is 0.416. The number of amides is 1. The van der Waals surface area contributed by atoms with E-state index in [4.69, 9.17) is 0 Å². The molecule has 1 aromatic heterocycles. The maximum atomic E-state index is 13.3. The van der Waals surface area contributed by atoms with Crippen molar-refractivity contribution in [3.63, 3.8) is 0 Å². The van der Waals surface area contributed by atoms with Gasteiger partial charge in [0.2, 0.25) is 5.91 Å². The number of hydrogen-bond donors (Lipinski definition) is 1. The van der Waals surface area contributed by atoms with Gasteiger partial charge in [-0.3, -0.25) is 14.2 Å². The number of rotatable bonds is 6. The summed E-state index contributed by atoms with van der Waals surface area (Å²) in [4.78, 5) is 30.3. The van der Waals surface area contributed by atoms with E-state index in [1.165, 1.54) is 22.8 Å². The number of anilines is 1. The molecular weight excluding hydrogens is 427 g/mol. The van der Waals surface area contributed by atoms with Crippen LogP contribution in [-0.4, -0.2) is 20.7 Å². The summed E-state index contributed by atoms with van der Waals surface area (Å²) in [7, 11) is 0. The molecule has 0 aliphatic heterocycles. The Morgan fingerprint density at radius 2 is 1.77 bits per heavy atom. The van der Waals surface area contributed by atoms with Crippen LogP contribution in [0.5, 0.6) is 0 Å². The maximum absolute atomic E-state index is 13.3. The molecule has 0 aliphatic carbocycles. The van der Waals surface area contributed by atoms with Gasteiger partial charge in [0.15, 0.2) is 5.16 Å². The van der Waals surface area contributed by atoms with Crippen LogP contribution in [-0.2, 0) is 17.5 Å². The van der Waals surface area contributed by atoms with Gasteiger partial charge in [-0.15, -0.1) is 0 Å². The molecule has 164 valence electrons. The minimum atomic E-state index is -4.59. The molecule has 2 aromatic carbocycles. The monoisotopic (exact) mass is 449 g/mol. The van der Waals surface area contributed by atoms with Crippen LogP contribution in [0.4, 0.5) is 18.9 Å². The molecule has 0 radical (unpaired) electrons. The Morgan fingerprint density at radius 1 is 1.13 bits per heavy atom. The molecule has 31 heavy (non-hydrogen) atoms. The summed E-state index contributed by atoms with van der Waals surface area (Å²) in [6, 6.07) is 11.8. The highest BCUT2D eigenvalue weighted by Gasteiger charge is 2.34. The summed E-state index contributed by atoms with van der Waals surface area (Å²) in [5.41, 5.74) is -0.929. The van der Waals surface area contributed by atoms with E-state index in [0.717, 1.165) is 17.8 Å². The summed E-state index contributed by atoms with van der Waals surface area (Å²) in [6.45, 7) is 5.74. The van der Waals surface area contributed by atoms with E-state index < -0.39 is 22.9 Å². The van der Waals surface area contributed by atoms with Crippen molar-refractivity contribution < 1.29 is 18.0 Å². The van der Waals surface area contributed by atoms with Gasteiger partial charge in [0.05, 0.1) is 27.4 Å². The lowest BCUT2D eigenvalue weighted by Crippen LogP contribution is -2.32. The van der Waals surface area contributed by atoms with Crippen LogP contribution in [0.1, 0.15) is 26.3 Å². The molecule has 9 heteroatoms. The van der Waals surface area contributed by atoms with Crippen LogP contribution < -0.4 is 10.9 Å². The zero-order chi connectivity index (χ0) is 22.8. The van der Waals surface area contributed by atoms with E-state index in [-0.39, 0.29) is 17.2 Å². The van der Waals surface area contributed by atoms with Crippen LogP contribution in [0.25, 0.3) is 10.9 Å². The Labute approximate surface area is 181 Å². The van der Waals surface area contributed by atoms with Gasteiger partial charge < -0.3 is 5.32 Å². The fourth-order valence-corrected chi connectivity index (χ4v) is 4.32. The standard InChI is InChI=1S/C22H22F3N3O2S/c1-4-28-20(30)14-9-5-7-11-16(14)27-21(28)31-18(13(2)3)19(29)26-17-12-8-6-10-15(17)22(23,24)25/h5-13,18H,4H2,1-3H3,(H,26,29). The lowest BCUT2D eigenvalue weighted by molar-refractivity contribution is -0.137.